The highest BCUT2D eigenvalue weighted by Crippen LogP contribution is 2.65. The second kappa shape index (κ2) is 6.21. The molecule has 3 unspecified atom stereocenters. The molecule has 3 aliphatic carbocycles. The van der Waals surface area contributed by atoms with Gasteiger partial charge in [-0.3, -0.25) is 9.59 Å². The van der Waals surface area contributed by atoms with Crippen molar-refractivity contribution in [3.63, 3.8) is 0 Å². The third-order valence-corrected chi connectivity index (χ3v) is 8.68. The Kier molecular flexibility index (Phi) is 4.36. The standard InChI is InChI=1S/C23H35NO2/c1-14(2)13-19(25)18-7-6-16-15-5-8-20-23(4,12-10-21(26)24-20)17(15)9-11-22(16,18)3/h10,12,14-18,20H,5-9,11,13H2,1-4H3,(H,24,26)/t15?,16?,17?,18-,20-,22+,23-/m1/s1. The Morgan fingerprint density at radius 3 is 2.65 bits per heavy atom. The van der Waals surface area contributed by atoms with Crippen LogP contribution in [0.4, 0.5) is 0 Å². The summed E-state index contributed by atoms with van der Waals surface area (Å²) in [5.41, 5.74) is 0.302. The van der Waals surface area contributed by atoms with E-state index in [2.05, 4.69) is 39.1 Å². The number of nitrogens with one attached hydrogen (secondary N) is 1. The first-order valence-corrected chi connectivity index (χ1v) is 10.8. The average molecular weight is 358 g/mol. The van der Waals surface area contributed by atoms with Crippen molar-refractivity contribution in [3.8, 4) is 0 Å². The highest BCUT2D eigenvalue weighted by atomic mass is 16.1. The minimum Gasteiger partial charge on any atom is -0.349 e. The van der Waals surface area contributed by atoms with Crippen molar-refractivity contribution < 1.29 is 9.59 Å². The van der Waals surface area contributed by atoms with Gasteiger partial charge in [-0.05, 0) is 73.7 Å². The molecule has 7 atom stereocenters. The van der Waals surface area contributed by atoms with E-state index in [-0.39, 0.29) is 22.7 Å². The molecule has 0 aromatic carbocycles. The molecule has 3 saturated carbocycles. The highest BCUT2D eigenvalue weighted by molar-refractivity contribution is 5.89. The van der Waals surface area contributed by atoms with Crippen LogP contribution in [0.2, 0.25) is 0 Å². The van der Waals surface area contributed by atoms with E-state index in [0.717, 1.165) is 19.3 Å². The van der Waals surface area contributed by atoms with E-state index in [1.807, 2.05) is 0 Å². The summed E-state index contributed by atoms with van der Waals surface area (Å²) >= 11 is 0. The summed E-state index contributed by atoms with van der Waals surface area (Å²) in [6, 6.07) is 0.297. The molecule has 3 nitrogen and oxygen atoms in total. The van der Waals surface area contributed by atoms with Crippen molar-refractivity contribution in [2.75, 3.05) is 0 Å². The van der Waals surface area contributed by atoms with E-state index in [1.165, 1.54) is 25.7 Å². The van der Waals surface area contributed by atoms with Gasteiger partial charge in [0, 0.05) is 23.8 Å². The molecule has 0 bridgehead atoms. The lowest BCUT2D eigenvalue weighted by atomic mass is 9.47. The predicted molar refractivity (Wildman–Crippen MR) is 103 cm³/mol. The number of Topliss-reactive ketones (excluding diaryl/α,β-unsaturated/α-hetero) is 1. The zero-order valence-electron chi connectivity index (χ0n) is 16.9. The molecular formula is C23H35NO2. The van der Waals surface area contributed by atoms with E-state index < -0.39 is 0 Å². The minimum atomic E-state index is 0.0757. The van der Waals surface area contributed by atoms with Crippen LogP contribution in [-0.2, 0) is 9.59 Å². The number of amides is 1. The molecule has 4 aliphatic rings. The van der Waals surface area contributed by atoms with Crippen molar-refractivity contribution in [2.24, 2.45) is 40.4 Å². The normalized spacial score (nSPS) is 47.1. The van der Waals surface area contributed by atoms with Gasteiger partial charge in [-0.25, -0.2) is 0 Å². The molecule has 3 fully saturated rings. The van der Waals surface area contributed by atoms with Gasteiger partial charge in [-0.15, -0.1) is 0 Å². The Bertz CT molecular complexity index is 638. The molecule has 3 heteroatoms. The monoisotopic (exact) mass is 357 g/mol. The fraction of sp³-hybridized carbons (Fsp3) is 0.826. The van der Waals surface area contributed by atoms with Crippen LogP contribution in [0.15, 0.2) is 12.2 Å². The predicted octanol–water partition coefficient (Wildman–Crippen LogP) is 4.52. The second-order valence-corrected chi connectivity index (χ2v) is 10.5. The van der Waals surface area contributed by atoms with Crippen molar-refractivity contribution in [2.45, 2.75) is 78.7 Å². The summed E-state index contributed by atoms with van der Waals surface area (Å²) in [5, 5.41) is 3.23. The van der Waals surface area contributed by atoms with Gasteiger partial charge < -0.3 is 5.32 Å². The number of carbonyl (C=O) groups excluding carboxylic acids is 2. The smallest absolute Gasteiger partial charge is 0.243 e. The Morgan fingerprint density at radius 1 is 1.15 bits per heavy atom. The molecule has 1 N–H and O–H groups in total. The van der Waals surface area contributed by atoms with Crippen LogP contribution in [-0.4, -0.2) is 17.7 Å². The first-order chi connectivity index (χ1) is 12.3. The number of hydrogen-bond acceptors (Lipinski definition) is 2. The van der Waals surface area contributed by atoms with E-state index in [9.17, 15) is 9.59 Å². The fourth-order valence-electron chi connectivity index (χ4n) is 7.41. The van der Waals surface area contributed by atoms with Crippen LogP contribution in [0.25, 0.3) is 0 Å². The third-order valence-electron chi connectivity index (χ3n) is 8.68. The Labute approximate surface area is 158 Å². The van der Waals surface area contributed by atoms with Crippen molar-refractivity contribution in [3.05, 3.63) is 12.2 Å². The molecule has 0 aromatic heterocycles. The maximum atomic E-state index is 12.9. The summed E-state index contributed by atoms with van der Waals surface area (Å²) < 4.78 is 0. The molecule has 4 rings (SSSR count). The lowest BCUT2D eigenvalue weighted by Gasteiger charge is -2.58. The lowest BCUT2D eigenvalue weighted by Crippen LogP contribution is -2.59. The Balaban J connectivity index is 1.59. The number of carbonyl (C=O) groups is 2. The van der Waals surface area contributed by atoms with Gasteiger partial charge in [0.25, 0.3) is 0 Å². The fourth-order valence-corrected chi connectivity index (χ4v) is 7.41. The van der Waals surface area contributed by atoms with E-state index in [0.29, 0.717) is 35.5 Å². The maximum absolute atomic E-state index is 12.9. The summed E-state index contributed by atoms with van der Waals surface area (Å²) in [7, 11) is 0. The number of fused-ring (bicyclic) bond motifs is 5. The third kappa shape index (κ3) is 2.60. The Morgan fingerprint density at radius 2 is 1.92 bits per heavy atom. The van der Waals surface area contributed by atoms with E-state index in [1.54, 1.807) is 6.08 Å². The molecule has 26 heavy (non-hydrogen) atoms. The number of hydrogen-bond donors (Lipinski definition) is 1. The van der Waals surface area contributed by atoms with Gasteiger partial charge in [0.05, 0.1) is 0 Å². The maximum Gasteiger partial charge on any atom is 0.243 e. The van der Waals surface area contributed by atoms with Gasteiger partial charge in [0.1, 0.15) is 5.78 Å². The van der Waals surface area contributed by atoms with Crippen LogP contribution in [0.3, 0.4) is 0 Å². The second-order valence-electron chi connectivity index (χ2n) is 10.5. The van der Waals surface area contributed by atoms with Crippen molar-refractivity contribution in [1.82, 2.24) is 5.32 Å². The summed E-state index contributed by atoms with van der Waals surface area (Å²) in [4.78, 5) is 24.8. The van der Waals surface area contributed by atoms with Crippen LogP contribution in [0.5, 0.6) is 0 Å². The van der Waals surface area contributed by atoms with Crippen molar-refractivity contribution >= 4 is 11.7 Å². The lowest BCUT2D eigenvalue weighted by molar-refractivity contribution is -0.132. The molecule has 0 spiro atoms. The van der Waals surface area contributed by atoms with Gasteiger partial charge in [0.15, 0.2) is 0 Å². The summed E-state index contributed by atoms with van der Waals surface area (Å²) in [5.74, 6) is 3.39. The zero-order valence-corrected chi connectivity index (χ0v) is 16.9. The molecule has 1 heterocycles. The van der Waals surface area contributed by atoms with Gasteiger partial charge >= 0.3 is 0 Å². The topological polar surface area (TPSA) is 46.2 Å². The van der Waals surface area contributed by atoms with Crippen LogP contribution < -0.4 is 5.32 Å². The number of ketones is 1. The molecule has 0 aromatic rings. The van der Waals surface area contributed by atoms with E-state index in [4.69, 9.17) is 0 Å². The SMILES string of the molecule is CC(C)CC(=O)[C@H]1CCC2C3CC[C@H]4NC(=O)C=C[C@]4(C)C3CC[C@@]21C. The largest absolute Gasteiger partial charge is 0.349 e. The van der Waals surface area contributed by atoms with Gasteiger partial charge in [-0.1, -0.05) is 33.8 Å². The number of rotatable bonds is 3. The minimum absolute atomic E-state index is 0.0757. The molecule has 144 valence electrons. The summed E-state index contributed by atoms with van der Waals surface area (Å²) in [6.45, 7) is 9.12. The first-order valence-electron chi connectivity index (χ1n) is 10.8. The van der Waals surface area contributed by atoms with Gasteiger partial charge in [0.2, 0.25) is 5.91 Å². The summed E-state index contributed by atoms with van der Waals surface area (Å²) in [6.07, 6.45) is 11.7. The van der Waals surface area contributed by atoms with Crippen LogP contribution in [0, 0.1) is 40.4 Å². The molecule has 0 radical (unpaired) electrons. The van der Waals surface area contributed by atoms with Gasteiger partial charge in [-0.2, -0.15) is 0 Å². The molecular weight excluding hydrogens is 322 g/mol. The first kappa shape index (κ1) is 18.3. The molecule has 0 saturated heterocycles. The van der Waals surface area contributed by atoms with E-state index >= 15 is 0 Å². The van der Waals surface area contributed by atoms with Crippen molar-refractivity contribution in [1.29, 1.82) is 0 Å². The van der Waals surface area contributed by atoms with Crippen LogP contribution in [0.1, 0.15) is 72.6 Å². The molecule has 1 aliphatic heterocycles. The van der Waals surface area contributed by atoms with Crippen LogP contribution >= 0.6 is 0 Å². The average Bonchev–Trinajstić information content (AvgIpc) is 2.92. The Hall–Kier alpha value is -1.12. The quantitative estimate of drug-likeness (QED) is 0.807. The zero-order chi connectivity index (χ0) is 18.7. The highest BCUT2D eigenvalue weighted by Gasteiger charge is 2.60. The molecule has 1 amide bonds.